The molecule has 0 fully saturated rings. The number of nitrogens with zero attached hydrogens (tertiary/aromatic N) is 1. The van der Waals surface area contributed by atoms with E-state index in [1.165, 1.54) is 0 Å². The maximum Gasteiger partial charge on any atom is 0.337 e. The van der Waals surface area contributed by atoms with Crippen molar-refractivity contribution in [3.05, 3.63) is 36.0 Å². The van der Waals surface area contributed by atoms with Gasteiger partial charge in [0.05, 0.1) is 5.56 Å². The molecule has 0 bridgehead atoms. The second kappa shape index (κ2) is 4.70. The van der Waals surface area contributed by atoms with E-state index >= 15 is 0 Å². The van der Waals surface area contributed by atoms with Crippen LogP contribution in [0.25, 0.3) is 10.9 Å². The molecule has 1 aromatic carbocycles. The van der Waals surface area contributed by atoms with Gasteiger partial charge in [0, 0.05) is 29.0 Å². The number of alkyl halides is 1. The molecule has 0 atom stereocenters. The number of aromatic carboxylic acids is 1. The highest BCUT2D eigenvalue weighted by atomic mass is 79.9. The summed E-state index contributed by atoms with van der Waals surface area (Å²) in [7, 11) is 0. The van der Waals surface area contributed by atoms with Crippen LogP contribution in [0.2, 0.25) is 0 Å². The Balaban J connectivity index is 2.53. The Morgan fingerprint density at radius 1 is 1.38 bits per heavy atom. The largest absolute Gasteiger partial charge is 0.478 e. The van der Waals surface area contributed by atoms with Crippen LogP contribution < -0.4 is 0 Å². The number of carboxylic acid groups (broad SMARTS) is 1. The van der Waals surface area contributed by atoms with Gasteiger partial charge in [-0.3, -0.25) is 0 Å². The van der Waals surface area contributed by atoms with Crippen LogP contribution in [0.3, 0.4) is 0 Å². The highest BCUT2D eigenvalue weighted by molar-refractivity contribution is 9.09. The van der Waals surface area contributed by atoms with Crippen molar-refractivity contribution in [3.63, 3.8) is 0 Å². The molecule has 0 saturated carbocycles. The summed E-state index contributed by atoms with van der Waals surface area (Å²) in [5.74, 6) is -0.867. The fourth-order valence-electron chi connectivity index (χ4n) is 1.83. The Morgan fingerprint density at radius 3 is 2.81 bits per heavy atom. The van der Waals surface area contributed by atoms with E-state index in [1.807, 2.05) is 28.8 Å². The summed E-state index contributed by atoms with van der Waals surface area (Å²) in [5, 5.41) is 10.8. The van der Waals surface area contributed by atoms with E-state index in [4.69, 9.17) is 5.11 Å². The summed E-state index contributed by atoms with van der Waals surface area (Å²) in [6, 6.07) is 7.60. The van der Waals surface area contributed by atoms with Crippen LogP contribution in [-0.4, -0.2) is 21.0 Å². The van der Waals surface area contributed by atoms with Gasteiger partial charge in [0.15, 0.2) is 0 Å². The first-order chi connectivity index (χ1) is 7.74. The van der Waals surface area contributed by atoms with E-state index in [0.29, 0.717) is 5.56 Å². The van der Waals surface area contributed by atoms with Crippen LogP contribution >= 0.6 is 15.9 Å². The lowest BCUT2D eigenvalue weighted by atomic mass is 10.2. The smallest absolute Gasteiger partial charge is 0.337 e. The molecule has 4 heteroatoms. The SMILES string of the molecule is O=C(O)c1cn(CCCBr)c2ccccc12. The number of rotatable bonds is 4. The Labute approximate surface area is 102 Å². The monoisotopic (exact) mass is 281 g/mol. The average molecular weight is 282 g/mol. The number of carbonyl (C=O) groups is 1. The van der Waals surface area contributed by atoms with Gasteiger partial charge >= 0.3 is 5.97 Å². The molecule has 3 nitrogen and oxygen atoms in total. The maximum absolute atomic E-state index is 11.1. The number of carboxylic acids is 1. The summed E-state index contributed by atoms with van der Waals surface area (Å²) < 4.78 is 2.00. The normalized spacial score (nSPS) is 10.8. The van der Waals surface area contributed by atoms with E-state index in [1.54, 1.807) is 6.20 Å². The lowest BCUT2D eigenvalue weighted by Crippen LogP contribution is -1.97. The van der Waals surface area contributed by atoms with Crippen LogP contribution in [0, 0.1) is 0 Å². The third-order valence-corrected chi connectivity index (χ3v) is 3.11. The third-order valence-electron chi connectivity index (χ3n) is 2.55. The molecule has 1 aromatic heterocycles. The van der Waals surface area contributed by atoms with E-state index in [-0.39, 0.29) is 0 Å². The minimum Gasteiger partial charge on any atom is -0.478 e. The summed E-state index contributed by atoms with van der Waals surface area (Å²) in [4.78, 5) is 11.1. The van der Waals surface area contributed by atoms with Gasteiger partial charge < -0.3 is 9.67 Å². The molecule has 2 aromatic rings. The fourth-order valence-corrected chi connectivity index (χ4v) is 2.08. The number of aryl methyl sites for hydroxylation is 1. The lowest BCUT2D eigenvalue weighted by molar-refractivity contribution is 0.0699. The summed E-state index contributed by atoms with van der Waals surface area (Å²) in [6.07, 6.45) is 2.70. The zero-order valence-corrected chi connectivity index (χ0v) is 10.3. The fraction of sp³-hybridized carbons (Fsp3) is 0.250. The predicted molar refractivity (Wildman–Crippen MR) is 67.3 cm³/mol. The quantitative estimate of drug-likeness (QED) is 0.875. The molecule has 0 aliphatic carbocycles. The second-order valence-corrected chi connectivity index (χ2v) is 4.39. The molecule has 0 saturated heterocycles. The minimum absolute atomic E-state index is 0.380. The average Bonchev–Trinajstić information content (AvgIpc) is 2.65. The first kappa shape index (κ1) is 11.2. The van der Waals surface area contributed by atoms with Gasteiger partial charge in [-0.2, -0.15) is 0 Å². The molecule has 0 aliphatic heterocycles. The van der Waals surface area contributed by atoms with Crippen molar-refractivity contribution < 1.29 is 9.90 Å². The topological polar surface area (TPSA) is 42.2 Å². The zero-order chi connectivity index (χ0) is 11.5. The third kappa shape index (κ3) is 1.97. The number of para-hydroxylation sites is 1. The Morgan fingerprint density at radius 2 is 2.12 bits per heavy atom. The molecule has 0 unspecified atom stereocenters. The van der Waals surface area contributed by atoms with Gasteiger partial charge in [-0.25, -0.2) is 4.79 Å². The summed E-state index contributed by atoms with van der Waals surface area (Å²) in [6.45, 7) is 0.832. The number of fused-ring (bicyclic) bond motifs is 1. The zero-order valence-electron chi connectivity index (χ0n) is 8.69. The van der Waals surface area contributed by atoms with Gasteiger partial charge in [-0.15, -0.1) is 0 Å². The van der Waals surface area contributed by atoms with Crippen LogP contribution in [0.4, 0.5) is 0 Å². The van der Waals surface area contributed by atoms with Gasteiger partial charge in [0.2, 0.25) is 0 Å². The van der Waals surface area contributed by atoms with Crippen molar-refractivity contribution in [1.29, 1.82) is 0 Å². The molecule has 2 rings (SSSR count). The molecule has 1 N–H and O–H groups in total. The van der Waals surface area contributed by atoms with Crippen molar-refractivity contribution in [2.24, 2.45) is 0 Å². The lowest BCUT2D eigenvalue weighted by Gasteiger charge is -2.02. The molecule has 16 heavy (non-hydrogen) atoms. The molecular weight excluding hydrogens is 270 g/mol. The molecule has 0 aliphatic rings. The van der Waals surface area contributed by atoms with Crippen LogP contribution in [0.1, 0.15) is 16.8 Å². The first-order valence-corrected chi connectivity index (χ1v) is 6.23. The van der Waals surface area contributed by atoms with Crippen molar-refractivity contribution in [2.75, 3.05) is 5.33 Å². The van der Waals surface area contributed by atoms with E-state index in [9.17, 15) is 4.79 Å². The van der Waals surface area contributed by atoms with E-state index in [0.717, 1.165) is 29.2 Å². The molecular formula is C12H12BrNO2. The van der Waals surface area contributed by atoms with Gasteiger partial charge in [-0.1, -0.05) is 34.1 Å². The van der Waals surface area contributed by atoms with Crippen molar-refractivity contribution >= 4 is 32.8 Å². The van der Waals surface area contributed by atoms with Crippen LogP contribution in [0.5, 0.6) is 0 Å². The van der Waals surface area contributed by atoms with Crippen molar-refractivity contribution in [3.8, 4) is 0 Å². The number of aromatic nitrogens is 1. The number of halogens is 1. The summed E-state index contributed by atoms with van der Waals surface area (Å²) in [5.41, 5.74) is 1.37. The van der Waals surface area contributed by atoms with Crippen molar-refractivity contribution in [2.45, 2.75) is 13.0 Å². The van der Waals surface area contributed by atoms with Crippen molar-refractivity contribution in [1.82, 2.24) is 4.57 Å². The standard InChI is InChI=1S/C12H12BrNO2/c13-6-3-7-14-8-10(12(15)16)9-4-1-2-5-11(9)14/h1-2,4-5,8H,3,6-7H2,(H,15,16). The van der Waals surface area contributed by atoms with Gasteiger partial charge in [0.1, 0.15) is 0 Å². The highest BCUT2D eigenvalue weighted by Gasteiger charge is 2.12. The minimum atomic E-state index is -0.867. The molecule has 0 radical (unpaired) electrons. The maximum atomic E-state index is 11.1. The number of benzene rings is 1. The second-order valence-electron chi connectivity index (χ2n) is 3.60. The highest BCUT2D eigenvalue weighted by Crippen LogP contribution is 2.21. The predicted octanol–water partition coefficient (Wildman–Crippen LogP) is 3.12. The van der Waals surface area contributed by atoms with Gasteiger partial charge in [0.25, 0.3) is 0 Å². The first-order valence-electron chi connectivity index (χ1n) is 5.11. The Kier molecular flexibility index (Phi) is 3.29. The number of hydrogen-bond acceptors (Lipinski definition) is 1. The van der Waals surface area contributed by atoms with E-state index in [2.05, 4.69) is 15.9 Å². The number of hydrogen-bond donors (Lipinski definition) is 1. The van der Waals surface area contributed by atoms with Crippen LogP contribution in [-0.2, 0) is 6.54 Å². The molecule has 84 valence electrons. The molecule has 0 amide bonds. The Bertz CT molecular complexity index is 519. The molecule has 0 spiro atoms. The Hall–Kier alpha value is -1.29. The van der Waals surface area contributed by atoms with Crippen LogP contribution in [0.15, 0.2) is 30.5 Å². The van der Waals surface area contributed by atoms with E-state index < -0.39 is 5.97 Å². The molecule has 1 heterocycles. The summed E-state index contributed by atoms with van der Waals surface area (Å²) >= 11 is 3.38. The van der Waals surface area contributed by atoms with Gasteiger partial charge in [-0.05, 0) is 12.5 Å².